The van der Waals surface area contributed by atoms with Crippen molar-refractivity contribution >= 4 is 54.9 Å². The van der Waals surface area contributed by atoms with Crippen LogP contribution in [-0.4, -0.2) is 48.2 Å². The summed E-state index contributed by atoms with van der Waals surface area (Å²) in [6.07, 6.45) is 3.99. The number of rotatable bonds is 4. The molecule has 0 bridgehead atoms. The van der Waals surface area contributed by atoms with Gasteiger partial charge in [-0.15, -0.1) is 0 Å². The number of halogens is 3. The Morgan fingerprint density at radius 3 is 2.61 bits per heavy atom. The number of fused-ring (bicyclic) bond motifs is 2. The van der Waals surface area contributed by atoms with Gasteiger partial charge in [-0.05, 0) is 31.3 Å². The lowest BCUT2D eigenvalue weighted by molar-refractivity contribution is 0.348. The number of piperazine rings is 1. The number of ether oxygens (including phenoxy) is 1. The molecule has 2 aromatic heterocycles. The summed E-state index contributed by atoms with van der Waals surface area (Å²) in [5.41, 5.74) is 7.10. The van der Waals surface area contributed by atoms with E-state index in [1.165, 1.54) is 19.2 Å². The summed E-state index contributed by atoms with van der Waals surface area (Å²) in [6.45, 7) is 4.64. The van der Waals surface area contributed by atoms with Crippen molar-refractivity contribution in [2.45, 2.75) is 6.92 Å². The van der Waals surface area contributed by atoms with Gasteiger partial charge in [-0.1, -0.05) is 29.0 Å². The van der Waals surface area contributed by atoms with Gasteiger partial charge in [0.15, 0.2) is 10.9 Å². The van der Waals surface area contributed by atoms with Crippen LogP contribution < -0.4 is 15.4 Å². The van der Waals surface area contributed by atoms with Gasteiger partial charge < -0.3 is 20.3 Å². The monoisotopic (exact) mass is 526 g/mol. The van der Waals surface area contributed by atoms with Gasteiger partial charge in [0.25, 0.3) is 0 Å². The van der Waals surface area contributed by atoms with Crippen LogP contribution in [0.4, 0.5) is 19.6 Å². The second-order valence-corrected chi connectivity index (χ2v) is 9.67. The summed E-state index contributed by atoms with van der Waals surface area (Å²) in [5, 5.41) is 10.6. The maximum absolute atomic E-state index is 16.2. The van der Waals surface area contributed by atoms with Crippen molar-refractivity contribution in [2.24, 2.45) is 0 Å². The van der Waals surface area contributed by atoms with Crippen LogP contribution in [0.3, 0.4) is 0 Å². The lowest BCUT2D eigenvalue weighted by Gasteiger charge is -2.36. The van der Waals surface area contributed by atoms with E-state index in [4.69, 9.17) is 22.1 Å². The van der Waals surface area contributed by atoms with Crippen molar-refractivity contribution in [2.75, 3.05) is 43.9 Å². The summed E-state index contributed by atoms with van der Waals surface area (Å²) in [7, 11) is 1.39. The molecule has 36 heavy (non-hydrogen) atoms. The molecule has 2 aromatic carbocycles. The fourth-order valence-electron chi connectivity index (χ4n) is 4.62. The van der Waals surface area contributed by atoms with Crippen molar-refractivity contribution < 1.29 is 13.5 Å². The van der Waals surface area contributed by atoms with E-state index in [-0.39, 0.29) is 42.9 Å². The van der Waals surface area contributed by atoms with E-state index in [0.717, 1.165) is 24.4 Å². The van der Waals surface area contributed by atoms with Gasteiger partial charge in [0.1, 0.15) is 23.0 Å². The van der Waals surface area contributed by atoms with Crippen molar-refractivity contribution in [3.8, 4) is 23.1 Å². The number of thiazole rings is 1. The Morgan fingerprint density at radius 1 is 1.19 bits per heavy atom. The molecule has 0 unspecified atom stereocenters. The van der Waals surface area contributed by atoms with Crippen LogP contribution in [0.2, 0.25) is 5.02 Å². The first-order valence-electron chi connectivity index (χ1n) is 11.1. The number of nitrogens with two attached hydrogens (primary N) is 1. The number of benzene rings is 2. The number of hydrogen-bond acceptors (Lipinski definition) is 8. The number of nitrogens with zero attached hydrogens (tertiary/aromatic N) is 5. The van der Waals surface area contributed by atoms with Gasteiger partial charge in [-0.2, -0.15) is 5.26 Å². The summed E-state index contributed by atoms with van der Waals surface area (Å²) in [5.74, 6) is -1.20. The van der Waals surface area contributed by atoms with Gasteiger partial charge in [0.05, 0.1) is 28.0 Å². The molecule has 7 nitrogen and oxygen atoms in total. The van der Waals surface area contributed by atoms with Gasteiger partial charge in [-0.25, -0.2) is 18.7 Å². The van der Waals surface area contributed by atoms with Crippen LogP contribution in [0.15, 0.2) is 30.5 Å². The van der Waals surface area contributed by atoms with Gasteiger partial charge in [0.2, 0.25) is 5.88 Å². The third-order valence-electron chi connectivity index (χ3n) is 6.19. The van der Waals surface area contributed by atoms with Crippen molar-refractivity contribution in [3.05, 3.63) is 52.7 Å². The van der Waals surface area contributed by atoms with Crippen molar-refractivity contribution in [1.29, 1.82) is 5.26 Å². The third kappa shape index (κ3) is 3.85. The molecule has 0 spiro atoms. The van der Waals surface area contributed by atoms with Gasteiger partial charge >= 0.3 is 0 Å². The molecule has 5 rings (SSSR count). The number of allylic oxidation sites excluding steroid dienone is 1. The highest BCUT2D eigenvalue weighted by molar-refractivity contribution is 7.22. The second kappa shape index (κ2) is 9.41. The van der Waals surface area contributed by atoms with Gasteiger partial charge in [-0.3, -0.25) is 0 Å². The second-order valence-electron chi connectivity index (χ2n) is 8.23. The molecule has 4 aromatic rings. The minimum atomic E-state index is -0.714. The van der Waals surface area contributed by atoms with Crippen molar-refractivity contribution in [3.63, 3.8) is 0 Å². The Labute approximate surface area is 215 Å². The Balaban J connectivity index is 1.76. The molecule has 1 aliphatic heterocycles. The topological polar surface area (TPSA) is 91.3 Å². The molecule has 0 aliphatic carbocycles. The maximum atomic E-state index is 16.2. The predicted octanol–water partition coefficient (Wildman–Crippen LogP) is 5.56. The molecule has 2 N–H and O–H groups in total. The molecule has 11 heteroatoms. The molecule has 1 fully saturated rings. The summed E-state index contributed by atoms with van der Waals surface area (Å²) in [4.78, 5) is 12.8. The molecule has 0 saturated carbocycles. The molecule has 0 amide bonds. The van der Waals surface area contributed by atoms with Crippen LogP contribution >= 0.6 is 22.9 Å². The van der Waals surface area contributed by atoms with E-state index < -0.39 is 11.6 Å². The zero-order valence-corrected chi connectivity index (χ0v) is 21.1. The number of nitriles is 1. The smallest absolute Gasteiger partial charge is 0.234 e. The number of anilines is 2. The van der Waals surface area contributed by atoms with E-state index >= 15 is 4.39 Å². The molecule has 1 saturated heterocycles. The fraction of sp³-hybridized carbons (Fsp3) is 0.240. The minimum absolute atomic E-state index is 0.00295. The van der Waals surface area contributed by atoms with Crippen LogP contribution in [0.25, 0.3) is 32.2 Å². The summed E-state index contributed by atoms with van der Waals surface area (Å²) < 4.78 is 36.2. The first-order valence-corrected chi connectivity index (χ1v) is 12.3. The largest absolute Gasteiger partial charge is 0.480 e. The van der Waals surface area contributed by atoms with Crippen LogP contribution in [-0.2, 0) is 0 Å². The number of hydrogen-bond donors (Lipinski definition) is 1. The SMILES string of the molecule is CC=CN1CCN(c2c(C#N)c(OC)nc3c(F)c(-c4ccc(F)c5sc(N)nc45)c(Cl)cc23)CC1. The summed E-state index contributed by atoms with van der Waals surface area (Å²) >= 11 is 7.65. The lowest BCUT2D eigenvalue weighted by atomic mass is 9.99. The molecule has 0 radical (unpaired) electrons. The number of pyridine rings is 1. The third-order valence-corrected chi connectivity index (χ3v) is 7.38. The zero-order chi connectivity index (χ0) is 25.6. The quantitative estimate of drug-likeness (QED) is 0.372. The maximum Gasteiger partial charge on any atom is 0.234 e. The standard InChI is InChI=1S/C25H21ClF2N6OS/c1-3-6-33-7-9-34(10-8-33)22-14-11-16(26)18(19(28)20(14)31-24(35-2)15(22)12-29)13-4-5-17(27)23-21(13)32-25(30)36-23/h3-6,11H,7-10H2,1-2H3,(H2,30,32). The average Bonchev–Trinajstić information content (AvgIpc) is 3.27. The van der Waals surface area contributed by atoms with E-state index in [2.05, 4.69) is 20.9 Å². The van der Waals surface area contributed by atoms with E-state index in [1.54, 1.807) is 6.07 Å². The van der Waals surface area contributed by atoms with E-state index in [9.17, 15) is 9.65 Å². The lowest BCUT2D eigenvalue weighted by Crippen LogP contribution is -2.44. The Hall–Kier alpha value is -3.68. The van der Waals surface area contributed by atoms with Crippen LogP contribution in [0.5, 0.6) is 5.88 Å². The molecule has 1 aliphatic rings. The summed E-state index contributed by atoms with van der Waals surface area (Å²) in [6, 6.07) is 6.43. The number of nitrogen functional groups attached to an aromatic ring is 1. The normalized spacial score (nSPS) is 14.2. The Bertz CT molecular complexity index is 1570. The highest BCUT2D eigenvalue weighted by Gasteiger charge is 2.28. The van der Waals surface area contributed by atoms with Crippen LogP contribution in [0.1, 0.15) is 12.5 Å². The Morgan fingerprint density at radius 2 is 1.94 bits per heavy atom. The number of aromatic nitrogens is 2. The molecular weight excluding hydrogens is 506 g/mol. The number of methoxy groups -OCH3 is 1. The zero-order valence-electron chi connectivity index (χ0n) is 19.5. The highest BCUT2D eigenvalue weighted by Crippen LogP contribution is 2.44. The van der Waals surface area contributed by atoms with Gasteiger partial charge in [0, 0.05) is 42.7 Å². The highest BCUT2D eigenvalue weighted by atomic mass is 35.5. The fourth-order valence-corrected chi connectivity index (χ4v) is 5.67. The molecular formula is C25H21ClF2N6OS. The van der Waals surface area contributed by atoms with Crippen LogP contribution in [0, 0.1) is 23.0 Å². The van der Waals surface area contributed by atoms with E-state index in [1.807, 2.05) is 24.1 Å². The van der Waals surface area contributed by atoms with E-state index in [0.29, 0.717) is 29.7 Å². The van der Waals surface area contributed by atoms with Crippen molar-refractivity contribution in [1.82, 2.24) is 14.9 Å². The minimum Gasteiger partial charge on any atom is -0.480 e. The Kier molecular flexibility index (Phi) is 6.28. The first-order chi connectivity index (χ1) is 17.4. The molecule has 184 valence electrons. The molecule has 3 heterocycles. The average molecular weight is 527 g/mol. The first kappa shape index (κ1) is 24.0. The predicted molar refractivity (Wildman–Crippen MR) is 140 cm³/mol. The molecule has 0 atom stereocenters.